The number of allylic oxidation sites excluding steroid dienone is 2. The second-order valence-electron chi connectivity index (χ2n) is 3.24. The van der Waals surface area contributed by atoms with Crippen molar-refractivity contribution in [1.29, 1.82) is 0 Å². The maximum atomic E-state index is 11.1. The number of carboxylic acids is 2. The lowest BCUT2D eigenvalue weighted by atomic mass is 10.1. The van der Waals surface area contributed by atoms with Crippen LogP contribution in [-0.2, 0) is 14.4 Å². The number of carboxylic acid groups (broad SMARTS) is 2. The van der Waals surface area contributed by atoms with Crippen molar-refractivity contribution in [2.75, 3.05) is 0 Å². The summed E-state index contributed by atoms with van der Waals surface area (Å²) in [7, 11) is 0. The van der Waals surface area contributed by atoms with Crippen molar-refractivity contribution in [3.05, 3.63) is 11.6 Å². The first kappa shape index (κ1) is 13.4. The number of rotatable bonds is 7. The molecule has 0 aromatic heterocycles. The first-order valence-electron chi connectivity index (χ1n) is 4.55. The van der Waals surface area contributed by atoms with Crippen molar-refractivity contribution >= 4 is 17.7 Å². The van der Waals surface area contributed by atoms with Gasteiger partial charge in [0.25, 0.3) is 0 Å². The van der Waals surface area contributed by atoms with Crippen molar-refractivity contribution in [3.63, 3.8) is 0 Å². The minimum absolute atomic E-state index is 0.0193. The monoisotopic (exact) mass is 214 g/mol. The molecule has 0 rings (SSSR count). The van der Waals surface area contributed by atoms with E-state index in [-0.39, 0.29) is 25.0 Å². The van der Waals surface area contributed by atoms with E-state index in [1.54, 1.807) is 6.92 Å². The summed E-state index contributed by atoms with van der Waals surface area (Å²) < 4.78 is 0. The van der Waals surface area contributed by atoms with Gasteiger partial charge in [-0.3, -0.25) is 14.4 Å². The molecule has 0 radical (unpaired) electrons. The minimum atomic E-state index is -1.01. The van der Waals surface area contributed by atoms with Crippen molar-refractivity contribution in [1.82, 2.24) is 0 Å². The molecule has 2 N–H and O–H groups in total. The van der Waals surface area contributed by atoms with E-state index in [4.69, 9.17) is 10.2 Å². The van der Waals surface area contributed by atoms with Crippen LogP contribution in [0.5, 0.6) is 0 Å². The van der Waals surface area contributed by atoms with E-state index in [0.29, 0.717) is 12.0 Å². The van der Waals surface area contributed by atoms with Gasteiger partial charge in [0.15, 0.2) is 5.78 Å². The fraction of sp³-hybridized carbons (Fsp3) is 0.500. The van der Waals surface area contributed by atoms with Gasteiger partial charge in [0.05, 0.1) is 6.42 Å². The summed E-state index contributed by atoms with van der Waals surface area (Å²) >= 11 is 0. The van der Waals surface area contributed by atoms with Gasteiger partial charge in [-0.05, 0) is 19.4 Å². The highest BCUT2D eigenvalue weighted by Gasteiger charge is 2.04. The molecule has 84 valence electrons. The van der Waals surface area contributed by atoms with Gasteiger partial charge in [0, 0.05) is 12.8 Å². The van der Waals surface area contributed by atoms with Crippen LogP contribution in [0.1, 0.15) is 32.6 Å². The Hall–Kier alpha value is -1.65. The summed E-state index contributed by atoms with van der Waals surface area (Å²) in [6, 6.07) is 0. The van der Waals surface area contributed by atoms with Crippen LogP contribution in [0.4, 0.5) is 0 Å². The average molecular weight is 214 g/mol. The Morgan fingerprint density at radius 1 is 0.933 bits per heavy atom. The zero-order valence-electron chi connectivity index (χ0n) is 8.52. The van der Waals surface area contributed by atoms with E-state index in [9.17, 15) is 14.4 Å². The summed E-state index contributed by atoms with van der Waals surface area (Å²) in [5.41, 5.74) is 0.660. The molecule has 0 aliphatic carbocycles. The summed E-state index contributed by atoms with van der Waals surface area (Å²) in [4.78, 5) is 31.5. The predicted molar refractivity (Wildman–Crippen MR) is 52.5 cm³/mol. The fourth-order valence-electron chi connectivity index (χ4n) is 0.953. The first-order chi connectivity index (χ1) is 6.91. The van der Waals surface area contributed by atoms with E-state index in [0.717, 1.165) is 0 Å². The van der Waals surface area contributed by atoms with E-state index in [1.165, 1.54) is 6.08 Å². The topological polar surface area (TPSA) is 91.7 Å². The first-order valence-corrected chi connectivity index (χ1v) is 4.55. The quantitative estimate of drug-likeness (QED) is 0.622. The number of ketones is 1. The molecule has 5 heteroatoms. The Morgan fingerprint density at radius 2 is 1.40 bits per heavy atom. The molecule has 0 saturated carbocycles. The lowest BCUT2D eigenvalue weighted by Gasteiger charge is -1.97. The third-order valence-corrected chi connectivity index (χ3v) is 1.73. The van der Waals surface area contributed by atoms with Gasteiger partial charge in [-0.1, -0.05) is 5.57 Å². The molecule has 0 fully saturated rings. The van der Waals surface area contributed by atoms with Crippen LogP contribution in [0.25, 0.3) is 0 Å². The Kier molecular flexibility index (Phi) is 6.01. The summed E-state index contributed by atoms with van der Waals surface area (Å²) in [6.45, 7) is 1.65. The van der Waals surface area contributed by atoms with E-state index in [2.05, 4.69) is 0 Å². The normalized spacial score (nSPS) is 11.1. The minimum Gasteiger partial charge on any atom is -0.481 e. The second kappa shape index (κ2) is 6.75. The highest BCUT2D eigenvalue weighted by molar-refractivity contribution is 5.92. The van der Waals surface area contributed by atoms with Gasteiger partial charge in [-0.2, -0.15) is 0 Å². The number of hydrogen-bond acceptors (Lipinski definition) is 3. The molecule has 0 bridgehead atoms. The average Bonchev–Trinajstić information content (AvgIpc) is 2.11. The van der Waals surface area contributed by atoms with Crippen LogP contribution in [0, 0.1) is 0 Å². The van der Waals surface area contributed by atoms with Crippen LogP contribution in [0.3, 0.4) is 0 Å². The summed E-state index contributed by atoms with van der Waals surface area (Å²) in [6.07, 6.45) is 1.37. The third-order valence-electron chi connectivity index (χ3n) is 1.73. The Labute approximate surface area is 87.4 Å². The number of carbonyl (C=O) groups excluding carboxylic acids is 1. The largest absolute Gasteiger partial charge is 0.481 e. The molecule has 0 saturated heterocycles. The number of hydrogen-bond donors (Lipinski definition) is 2. The van der Waals surface area contributed by atoms with Gasteiger partial charge in [0.2, 0.25) is 0 Å². The molecule has 0 heterocycles. The second-order valence-corrected chi connectivity index (χ2v) is 3.24. The smallest absolute Gasteiger partial charge is 0.303 e. The molecular formula is C10H14O5. The lowest BCUT2D eigenvalue weighted by Crippen LogP contribution is -2.01. The molecule has 0 aliphatic rings. The molecule has 5 nitrogen and oxygen atoms in total. The maximum Gasteiger partial charge on any atom is 0.303 e. The zero-order valence-corrected chi connectivity index (χ0v) is 8.52. The Bertz CT molecular complexity index is 290. The van der Waals surface area contributed by atoms with E-state index >= 15 is 0 Å². The Morgan fingerprint density at radius 3 is 1.87 bits per heavy atom. The standard InChI is InChI=1S/C10H14O5/c1-7(2-4-9(12)13)6-8(11)3-5-10(14)15/h6H,2-5H2,1H3,(H,12,13)(H,14,15). The molecule has 0 amide bonds. The molecule has 0 atom stereocenters. The summed E-state index contributed by atoms with van der Waals surface area (Å²) in [5.74, 6) is -2.21. The van der Waals surface area contributed by atoms with Crippen LogP contribution >= 0.6 is 0 Å². The van der Waals surface area contributed by atoms with Crippen LogP contribution in [0.2, 0.25) is 0 Å². The SMILES string of the molecule is CC(=CC(=O)CCC(=O)O)CCC(=O)O. The van der Waals surface area contributed by atoms with E-state index < -0.39 is 11.9 Å². The maximum absolute atomic E-state index is 11.1. The molecule has 0 spiro atoms. The van der Waals surface area contributed by atoms with Gasteiger partial charge in [0.1, 0.15) is 0 Å². The van der Waals surface area contributed by atoms with Gasteiger partial charge in [-0.15, -0.1) is 0 Å². The van der Waals surface area contributed by atoms with Crippen LogP contribution < -0.4 is 0 Å². The van der Waals surface area contributed by atoms with Gasteiger partial charge >= 0.3 is 11.9 Å². The van der Waals surface area contributed by atoms with Gasteiger partial charge in [-0.25, -0.2) is 0 Å². The molecule has 0 aliphatic heterocycles. The van der Waals surface area contributed by atoms with Crippen molar-refractivity contribution in [2.45, 2.75) is 32.6 Å². The fourth-order valence-corrected chi connectivity index (χ4v) is 0.953. The summed E-state index contributed by atoms with van der Waals surface area (Å²) in [5, 5.41) is 16.7. The van der Waals surface area contributed by atoms with Crippen LogP contribution in [0.15, 0.2) is 11.6 Å². The molecule has 0 unspecified atom stereocenters. The van der Waals surface area contributed by atoms with Crippen molar-refractivity contribution < 1.29 is 24.6 Å². The highest BCUT2D eigenvalue weighted by atomic mass is 16.4. The molecule has 15 heavy (non-hydrogen) atoms. The number of carbonyl (C=O) groups is 3. The van der Waals surface area contributed by atoms with Crippen molar-refractivity contribution in [3.8, 4) is 0 Å². The van der Waals surface area contributed by atoms with Crippen LogP contribution in [-0.4, -0.2) is 27.9 Å². The molecule has 0 aromatic rings. The molecule has 0 aromatic carbocycles. The molecular weight excluding hydrogens is 200 g/mol. The number of aliphatic carboxylic acids is 2. The van der Waals surface area contributed by atoms with Gasteiger partial charge < -0.3 is 10.2 Å². The predicted octanol–water partition coefficient (Wildman–Crippen LogP) is 1.23. The Balaban J connectivity index is 3.94. The zero-order chi connectivity index (χ0) is 11.8. The lowest BCUT2D eigenvalue weighted by molar-refractivity contribution is -0.138. The van der Waals surface area contributed by atoms with E-state index in [1.807, 2.05) is 0 Å². The third kappa shape index (κ3) is 8.67. The van der Waals surface area contributed by atoms with Crippen molar-refractivity contribution in [2.24, 2.45) is 0 Å². The highest BCUT2D eigenvalue weighted by Crippen LogP contribution is 2.05.